The highest BCUT2D eigenvalue weighted by molar-refractivity contribution is 6.35. The molecule has 0 unspecified atom stereocenters. The van der Waals surface area contributed by atoms with Crippen LogP contribution in [-0.2, 0) is 0 Å². The van der Waals surface area contributed by atoms with Gasteiger partial charge in [0.05, 0.1) is 0 Å². The fraction of sp³-hybridized carbons (Fsp3) is 0.333. The molecule has 0 spiro atoms. The van der Waals surface area contributed by atoms with Crippen molar-refractivity contribution in [1.82, 2.24) is 4.98 Å². The highest BCUT2D eigenvalue weighted by Gasteiger charge is 2.07. The summed E-state index contributed by atoms with van der Waals surface area (Å²) in [5.41, 5.74) is 4.96. The van der Waals surface area contributed by atoms with E-state index in [4.69, 9.17) is 13.3 Å². The fourth-order valence-electron chi connectivity index (χ4n) is 1.52. The van der Waals surface area contributed by atoms with Crippen molar-refractivity contribution >= 4 is 19.1 Å². The van der Waals surface area contributed by atoms with Gasteiger partial charge in [-0.3, -0.25) is 4.98 Å². The average Bonchev–Trinajstić information content (AvgIpc) is 2.10. The van der Waals surface area contributed by atoms with Gasteiger partial charge in [0.15, 0.2) is 0 Å². The Bertz CT molecular complexity index is 429. The van der Waals surface area contributed by atoms with E-state index >= 15 is 0 Å². The van der Waals surface area contributed by atoms with Crippen molar-refractivity contribution in [2.24, 2.45) is 0 Å². The maximum absolute atomic E-state index is 7.68. The zero-order valence-corrected chi connectivity index (χ0v) is 9.68. The molecular formula is C12H15BN2. The molecule has 15 heavy (non-hydrogen) atoms. The summed E-state index contributed by atoms with van der Waals surface area (Å²) in [6.07, 6.45) is 1.77. The van der Waals surface area contributed by atoms with Crippen molar-refractivity contribution in [3.63, 3.8) is 0 Å². The molecule has 0 fully saturated rings. The summed E-state index contributed by atoms with van der Waals surface area (Å²) in [6, 6.07) is 2.02. The van der Waals surface area contributed by atoms with Crippen molar-refractivity contribution in [3.05, 3.63) is 34.6 Å². The van der Waals surface area contributed by atoms with Crippen molar-refractivity contribution < 1.29 is 0 Å². The Kier molecular flexibility index (Phi) is 3.45. The number of pyridine rings is 1. The molecule has 76 valence electrons. The van der Waals surface area contributed by atoms with Gasteiger partial charge in [0.25, 0.3) is 0 Å². The SMILES string of the molecule is [B]/C(C)=C(\C(C)=N)c1cnc(C)c(C)c1. The molecule has 1 rings (SSSR count). The van der Waals surface area contributed by atoms with Gasteiger partial charge in [-0.1, -0.05) is 6.92 Å². The van der Waals surface area contributed by atoms with Crippen LogP contribution in [0.15, 0.2) is 17.7 Å². The molecule has 2 radical (unpaired) electrons. The molecule has 0 atom stereocenters. The minimum atomic E-state index is 0.472. The number of nitrogens with one attached hydrogen (secondary N) is 1. The predicted molar refractivity (Wildman–Crippen MR) is 65.5 cm³/mol. The van der Waals surface area contributed by atoms with Gasteiger partial charge in [-0.25, -0.2) is 0 Å². The molecule has 0 saturated heterocycles. The lowest BCUT2D eigenvalue weighted by Crippen LogP contribution is -2.01. The molecule has 2 nitrogen and oxygen atoms in total. The maximum Gasteiger partial charge on any atom is 0.108 e. The van der Waals surface area contributed by atoms with Gasteiger partial charge >= 0.3 is 0 Å². The third kappa shape index (κ3) is 2.55. The third-order valence-corrected chi connectivity index (χ3v) is 2.40. The van der Waals surface area contributed by atoms with Gasteiger partial charge in [-0.05, 0) is 38.0 Å². The van der Waals surface area contributed by atoms with E-state index in [0.29, 0.717) is 11.2 Å². The van der Waals surface area contributed by atoms with E-state index in [9.17, 15) is 0 Å². The molecule has 0 aliphatic carbocycles. The smallest absolute Gasteiger partial charge is 0.108 e. The number of rotatable bonds is 2. The molecule has 3 heteroatoms. The van der Waals surface area contributed by atoms with Crippen LogP contribution >= 0.6 is 0 Å². The Hall–Kier alpha value is -1.38. The van der Waals surface area contributed by atoms with E-state index < -0.39 is 0 Å². The first kappa shape index (κ1) is 11.7. The first-order chi connectivity index (χ1) is 6.93. The van der Waals surface area contributed by atoms with Crippen LogP contribution in [-0.4, -0.2) is 18.5 Å². The first-order valence-corrected chi connectivity index (χ1v) is 4.89. The lowest BCUT2D eigenvalue weighted by Gasteiger charge is -2.10. The number of aromatic nitrogens is 1. The van der Waals surface area contributed by atoms with Crippen LogP contribution in [0.3, 0.4) is 0 Å². The quantitative estimate of drug-likeness (QED) is 0.575. The number of aryl methyl sites for hydroxylation is 2. The second kappa shape index (κ2) is 4.43. The maximum atomic E-state index is 7.68. The van der Waals surface area contributed by atoms with Gasteiger partial charge in [0.2, 0.25) is 0 Å². The van der Waals surface area contributed by atoms with Crippen LogP contribution in [0.25, 0.3) is 5.57 Å². The van der Waals surface area contributed by atoms with E-state index in [1.54, 1.807) is 13.1 Å². The fourth-order valence-corrected chi connectivity index (χ4v) is 1.52. The average molecular weight is 198 g/mol. The number of hydrogen-bond acceptors (Lipinski definition) is 2. The van der Waals surface area contributed by atoms with Crippen LogP contribution in [0.5, 0.6) is 0 Å². The minimum Gasteiger partial charge on any atom is -0.305 e. The Morgan fingerprint density at radius 3 is 2.33 bits per heavy atom. The van der Waals surface area contributed by atoms with E-state index in [1.807, 2.05) is 26.8 Å². The van der Waals surface area contributed by atoms with Crippen molar-refractivity contribution in [1.29, 1.82) is 5.41 Å². The number of allylic oxidation sites excluding steroid dienone is 2. The predicted octanol–water partition coefficient (Wildman–Crippen LogP) is 2.64. The van der Waals surface area contributed by atoms with Gasteiger partial charge in [0.1, 0.15) is 7.85 Å². The topological polar surface area (TPSA) is 36.7 Å². The Morgan fingerprint density at radius 1 is 1.33 bits per heavy atom. The van der Waals surface area contributed by atoms with Gasteiger partial charge in [0, 0.05) is 23.2 Å². The summed E-state index contributed by atoms with van der Waals surface area (Å²) in [7, 11) is 5.77. The molecule has 0 amide bonds. The Morgan fingerprint density at radius 2 is 1.93 bits per heavy atom. The molecule has 0 aliphatic rings. The number of nitrogens with zero attached hydrogens (tertiary/aromatic N) is 1. The lowest BCUT2D eigenvalue weighted by atomic mass is 9.86. The van der Waals surface area contributed by atoms with Gasteiger partial charge in [-0.2, -0.15) is 0 Å². The highest BCUT2D eigenvalue weighted by atomic mass is 14.7. The molecule has 0 saturated carbocycles. The largest absolute Gasteiger partial charge is 0.305 e. The Labute approximate surface area is 92.4 Å². The molecule has 1 heterocycles. The standard InChI is InChI=1S/C12H15BN2/c1-7-5-11(6-15-10(7)4)12(8(2)13)9(3)14/h5-6,14H,1-4H3/b12-8+,14-9?. The summed E-state index contributed by atoms with van der Waals surface area (Å²) in [4.78, 5) is 4.28. The lowest BCUT2D eigenvalue weighted by molar-refractivity contribution is 1.14. The van der Waals surface area contributed by atoms with Gasteiger partial charge in [-0.15, -0.1) is 5.47 Å². The normalized spacial score (nSPS) is 12.3. The molecule has 0 aliphatic heterocycles. The molecule has 1 N–H and O–H groups in total. The van der Waals surface area contributed by atoms with Crippen molar-refractivity contribution in [2.75, 3.05) is 0 Å². The second-order valence-electron chi connectivity index (χ2n) is 3.81. The molecule has 1 aromatic heterocycles. The third-order valence-electron chi connectivity index (χ3n) is 2.40. The van der Waals surface area contributed by atoms with Crippen LogP contribution in [0, 0.1) is 19.3 Å². The van der Waals surface area contributed by atoms with Crippen LogP contribution in [0.4, 0.5) is 0 Å². The van der Waals surface area contributed by atoms with Crippen molar-refractivity contribution in [3.8, 4) is 0 Å². The summed E-state index contributed by atoms with van der Waals surface area (Å²) in [5, 5.41) is 7.68. The van der Waals surface area contributed by atoms with E-state index in [1.165, 1.54) is 0 Å². The van der Waals surface area contributed by atoms with E-state index in [-0.39, 0.29) is 0 Å². The highest BCUT2D eigenvalue weighted by Crippen LogP contribution is 2.19. The zero-order valence-electron chi connectivity index (χ0n) is 9.68. The summed E-state index contributed by atoms with van der Waals surface area (Å²) >= 11 is 0. The first-order valence-electron chi connectivity index (χ1n) is 4.89. The van der Waals surface area contributed by atoms with Crippen LogP contribution in [0.2, 0.25) is 0 Å². The zero-order chi connectivity index (χ0) is 11.6. The summed E-state index contributed by atoms with van der Waals surface area (Å²) in [6.45, 7) is 7.52. The Balaban J connectivity index is 3.32. The van der Waals surface area contributed by atoms with Crippen LogP contribution < -0.4 is 0 Å². The van der Waals surface area contributed by atoms with Gasteiger partial charge < -0.3 is 5.41 Å². The van der Waals surface area contributed by atoms with Crippen molar-refractivity contribution in [2.45, 2.75) is 27.7 Å². The van der Waals surface area contributed by atoms with E-state index in [0.717, 1.165) is 22.4 Å². The summed E-state index contributed by atoms with van der Waals surface area (Å²) < 4.78 is 0. The molecule has 1 aromatic rings. The minimum absolute atomic E-state index is 0.472. The molecular weight excluding hydrogens is 183 g/mol. The molecule has 0 aromatic carbocycles. The second-order valence-corrected chi connectivity index (χ2v) is 3.81. The van der Waals surface area contributed by atoms with Crippen LogP contribution in [0.1, 0.15) is 30.7 Å². The molecule has 0 bridgehead atoms. The summed E-state index contributed by atoms with van der Waals surface area (Å²) in [5.74, 6) is 0. The monoisotopic (exact) mass is 198 g/mol. The van der Waals surface area contributed by atoms with E-state index in [2.05, 4.69) is 4.98 Å². The number of hydrogen-bond donors (Lipinski definition) is 1.